The van der Waals surface area contributed by atoms with Gasteiger partial charge in [0.05, 0.1) is 18.7 Å². The molecule has 0 aliphatic carbocycles. The zero-order valence-corrected chi connectivity index (χ0v) is 16.2. The molecule has 0 bridgehead atoms. The van der Waals surface area contributed by atoms with E-state index in [0.29, 0.717) is 42.7 Å². The fourth-order valence-electron chi connectivity index (χ4n) is 3.30. The van der Waals surface area contributed by atoms with Crippen molar-refractivity contribution in [1.29, 1.82) is 0 Å². The summed E-state index contributed by atoms with van der Waals surface area (Å²) in [5, 5.41) is 5.04. The molecule has 0 spiro atoms. The van der Waals surface area contributed by atoms with E-state index in [9.17, 15) is 4.79 Å². The van der Waals surface area contributed by atoms with Crippen LogP contribution in [0.4, 0.5) is 0 Å². The van der Waals surface area contributed by atoms with Crippen LogP contribution in [-0.4, -0.2) is 34.2 Å². The number of halogens is 1. The second-order valence-corrected chi connectivity index (χ2v) is 6.91. The van der Waals surface area contributed by atoms with Crippen LogP contribution in [0.3, 0.4) is 0 Å². The lowest BCUT2D eigenvalue weighted by molar-refractivity contribution is 0.0682. The predicted molar refractivity (Wildman–Crippen MR) is 106 cm³/mol. The van der Waals surface area contributed by atoms with Crippen LogP contribution in [0.2, 0.25) is 5.02 Å². The fraction of sp³-hybridized carbons (Fsp3) is 0.238. The third-order valence-electron chi connectivity index (χ3n) is 4.66. The van der Waals surface area contributed by atoms with Gasteiger partial charge in [0.1, 0.15) is 29.5 Å². The Morgan fingerprint density at radius 2 is 1.93 bits per heavy atom. The molecule has 0 fully saturated rings. The van der Waals surface area contributed by atoms with E-state index < -0.39 is 0 Å². The SMILES string of the molecule is COc1c(Cl)cccc1CN1CCn2nc(COc3ccccc3)cc2C1=O. The molecule has 0 atom stereocenters. The summed E-state index contributed by atoms with van der Waals surface area (Å²) < 4.78 is 12.9. The Morgan fingerprint density at radius 1 is 1.11 bits per heavy atom. The smallest absolute Gasteiger partial charge is 0.272 e. The van der Waals surface area contributed by atoms with Crippen LogP contribution < -0.4 is 9.47 Å². The van der Waals surface area contributed by atoms with Crippen LogP contribution in [0, 0.1) is 0 Å². The molecule has 0 saturated heterocycles. The van der Waals surface area contributed by atoms with Gasteiger partial charge in [0.2, 0.25) is 0 Å². The molecular weight excluding hydrogens is 378 g/mol. The van der Waals surface area contributed by atoms with Crippen molar-refractivity contribution >= 4 is 17.5 Å². The minimum Gasteiger partial charge on any atom is -0.495 e. The number of para-hydroxylation sites is 2. The normalized spacial score (nSPS) is 13.4. The van der Waals surface area contributed by atoms with Crippen LogP contribution in [0.5, 0.6) is 11.5 Å². The Kier molecular flexibility index (Phi) is 5.21. The number of aromatic nitrogens is 2. The van der Waals surface area contributed by atoms with Gasteiger partial charge < -0.3 is 14.4 Å². The molecule has 4 rings (SSSR count). The summed E-state index contributed by atoms with van der Waals surface area (Å²) in [5.41, 5.74) is 2.18. The Hall–Kier alpha value is -2.99. The molecule has 1 aromatic heterocycles. The maximum absolute atomic E-state index is 12.9. The average molecular weight is 398 g/mol. The van der Waals surface area contributed by atoms with Crippen LogP contribution in [0.15, 0.2) is 54.6 Å². The molecule has 1 amide bonds. The van der Waals surface area contributed by atoms with Crippen LogP contribution >= 0.6 is 11.6 Å². The third kappa shape index (κ3) is 3.68. The van der Waals surface area contributed by atoms with Crippen molar-refractivity contribution in [2.75, 3.05) is 13.7 Å². The zero-order valence-electron chi connectivity index (χ0n) is 15.5. The van der Waals surface area contributed by atoms with E-state index in [-0.39, 0.29) is 5.91 Å². The molecule has 6 nitrogen and oxygen atoms in total. The number of benzene rings is 2. The monoisotopic (exact) mass is 397 g/mol. The lowest BCUT2D eigenvalue weighted by atomic mass is 10.1. The highest BCUT2D eigenvalue weighted by atomic mass is 35.5. The first kappa shape index (κ1) is 18.4. The van der Waals surface area contributed by atoms with E-state index in [4.69, 9.17) is 21.1 Å². The Morgan fingerprint density at radius 3 is 2.71 bits per heavy atom. The summed E-state index contributed by atoms with van der Waals surface area (Å²) in [6.45, 7) is 1.96. The molecular formula is C21H20ClN3O3. The first-order chi connectivity index (χ1) is 13.7. The van der Waals surface area contributed by atoms with Crippen molar-refractivity contribution in [2.24, 2.45) is 0 Å². The number of carbonyl (C=O) groups excluding carboxylic acids is 1. The first-order valence-electron chi connectivity index (χ1n) is 9.01. The number of hydrogen-bond donors (Lipinski definition) is 0. The minimum atomic E-state index is -0.0632. The van der Waals surface area contributed by atoms with Crippen LogP contribution in [0.1, 0.15) is 21.7 Å². The number of carbonyl (C=O) groups is 1. The van der Waals surface area contributed by atoms with Gasteiger partial charge in [-0.05, 0) is 24.3 Å². The van der Waals surface area contributed by atoms with E-state index in [1.54, 1.807) is 28.8 Å². The number of nitrogens with zero attached hydrogens (tertiary/aromatic N) is 3. The predicted octanol–water partition coefficient (Wildman–Crippen LogP) is 3.78. The van der Waals surface area contributed by atoms with Crippen molar-refractivity contribution in [3.63, 3.8) is 0 Å². The van der Waals surface area contributed by atoms with Crippen LogP contribution in [0.25, 0.3) is 0 Å². The molecule has 2 heterocycles. The molecule has 144 valence electrons. The van der Waals surface area contributed by atoms with Gasteiger partial charge in [0.15, 0.2) is 0 Å². The highest BCUT2D eigenvalue weighted by molar-refractivity contribution is 6.32. The number of hydrogen-bond acceptors (Lipinski definition) is 4. The van der Waals surface area contributed by atoms with Gasteiger partial charge in [0.25, 0.3) is 5.91 Å². The zero-order chi connectivity index (χ0) is 19.5. The molecule has 1 aliphatic rings. The number of amides is 1. The second-order valence-electron chi connectivity index (χ2n) is 6.50. The first-order valence-corrected chi connectivity index (χ1v) is 9.38. The molecule has 28 heavy (non-hydrogen) atoms. The van der Waals surface area contributed by atoms with Gasteiger partial charge in [-0.15, -0.1) is 0 Å². The summed E-state index contributed by atoms with van der Waals surface area (Å²) >= 11 is 6.20. The number of ether oxygens (including phenoxy) is 2. The van der Waals surface area contributed by atoms with Gasteiger partial charge >= 0.3 is 0 Å². The number of fused-ring (bicyclic) bond motifs is 1. The Labute approximate surface area is 168 Å². The van der Waals surface area contributed by atoms with Gasteiger partial charge in [-0.25, -0.2) is 0 Å². The molecule has 0 N–H and O–H groups in total. The minimum absolute atomic E-state index is 0.0632. The van der Waals surface area contributed by atoms with Crippen molar-refractivity contribution < 1.29 is 14.3 Å². The standard InChI is InChI=1S/C21H20ClN3O3/c1-27-20-15(6-5-9-18(20)22)13-24-10-11-25-19(21(24)26)12-16(23-25)14-28-17-7-3-2-4-8-17/h2-9,12H,10-11,13-14H2,1H3. The third-order valence-corrected chi connectivity index (χ3v) is 4.96. The summed E-state index contributed by atoms with van der Waals surface area (Å²) in [7, 11) is 1.58. The molecule has 7 heteroatoms. The van der Waals surface area contributed by atoms with Crippen molar-refractivity contribution in [1.82, 2.24) is 14.7 Å². The largest absolute Gasteiger partial charge is 0.495 e. The highest BCUT2D eigenvalue weighted by Gasteiger charge is 2.27. The summed E-state index contributed by atoms with van der Waals surface area (Å²) in [4.78, 5) is 14.7. The van der Waals surface area contributed by atoms with Crippen molar-refractivity contribution in [3.05, 3.63) is 76.6 Å². The van der Waals surface area contributed by atoms with E-state index >= 15 is 0 Å². The lowest BCUT2D eigenvalue weighted by Gasteiger charge is -2.28. The maximum Gasteiger partial charge on any atom is 0.272 e. The van der Waals surface area contributed by atoms with Gasteiger partial charge in [0, 0.05) is 18.7 Å². The molecule has 2 aromatic carbocycles. The van der Waals surface area contributed by atoms with E-state index in [1.165, 1.54) is 0 Å². The Balaban J connectivity index is 1.48. The van der Waals surface area contributed by atoms with Crippen LogP contribution in [-0.2, 0) is 19.7 Å². The van der Waals surface area contributed by atoms with E-state index in [0.717, 1.165) is 17.0 Å². The van der Waals surface area contributed by atoms with E-state index in [1.807, 2.05) is 42.5 Å². The van der Waals surface area contributed by atoms with Gasteiger partial charge in [-0.3, -0.25) is 9.48 Å². The average Bonchev–Trinajstić information content (AvgIpc) is 3.14. The topological polar surface area (TPSA) is 56.6 Å². The second kappa shape index (κ2) is 7.94. The molecule has 0 radical (unpaired) electrons. The molecule has 0 unspecified atom stereocenters. The van der Waals surface area contributed by atoms with Gasteiger partial charge in [-0.2, -0.15) is 5.10 Å². The highest BCUT2D eigenvalue weighted by Crippen LogP contribution is 2.30. The van der Waals surface area contributed by atoms with Crippen molar-refractivity contribution in [3.8, 4) is 11.5 Å². The van der Waals surface area contributed by atoms with E-state index in [2.05, 4.69) is 5.10 Å². The maximum atomic E-state index is 12.9. The lowest BCUT2D eigenvalue weighted by Crippen LogP contribution is -2.39. The molecule has 0 saturated carbocycles. The quantitative estimate of drug-likeness (QED) is 0.635. The van der Waals surface area contributed by atoms with Crippen molar-refractivity contribution in [2.45, 2.75) is 19.7 Å². The molecule has 1 aliphatic heterocycles. The summed E-state index contributed by atoms with van der Waals surface area (Å²) in [6, 6.07) is 16.9. The summed E-state index contributed by atoms with van der Waals surface area (Å²) in [6.07, 6.45) is 0. The molecule has 3 aromatic rings. The summed E-state index contributed by atoms with van der Waals surface area (Å²) in [5.74, 6) is 1.31. The number of methoxy groups -OCH3 is 1. The number of rotatable bonds is 6. The van der Waals surface area contributed by atoms with Gasteiger partial charge in [-0.1, -0.05) is 41.9 Å². The Bertz CT molecular complexity index is 988. The fourth-order valence-corrected chi connectivity index (χ4v) is 3.57.